The molecular formula is C15H10Cl3FO. The van der Waals surface area contributed by atoms with E-state index in [2.05, 4.69) is 0 Å². The SMILES string of the molecule is Fc1cccc(C(Cl)c2cc(Cl)cc3c2OCC3)c1Cl. The predicted molar refractivity (Wildman–Crippen MR) is 79.8 cm³/mol. The van der Waals surface area contributed by atoms with Crippen molar-refractivity contribution in [3.8, 4) is 5.75 Å². The van der Waals surface area contributed by atoms with Crippen molar-refractivity contribution in [2.24, 2.45) is 0 Å². The molecule has 5 heteroatoms. The van der Waals surface area contributed by atoms with Gasteiger partial charge in [-0.3, -0.25) is 0 Å². The molecule has 1 aliphatic heterocycles. The molecular weight excluding hydrogens is 322 g/mol. The maximum Gasteiger partial charge on any atom is 0.142 e. The van der Waals surface area contributed by atoms with Gasteiger partial charge in [-0.2, -0.15) is 0 Å². The zero-order valence-corrected chi connectivity index (χ0v) is 12.6. The van der Waals surface area contributed by atoms with E-state index in [1.807, 2.05) is 6.07 Å². The highest BCUT2D eigenvalue weighted by molar-refractivity contribution is 6.33. The van der Waals surface area contributed by atoms with Crippen molar-refractivity contribution in [1.82, 2.24) is 0 Å². The Bertz CT molecular complexity index is 672. The lowest BCUT2D eigenvalue weighted by Gasteiger charge is -2.16. The molecule has 3 rings (SSSR count). The molecule has 1 nitrogen and oxygen atoms in total. The van der Waals surface area contributed by atoms with Crippen molar-refractivity contribution in [2.45, 2.75) is 11.8 Å². The number of hydrogen-bond acceptors (Lipinski definition) is 1. The molecule has 0 fully saturated rings. The van der Waals surface area contributed by atoms with Gasteiger partial charge < -0.3 is 4.74 Å². The van der Waals surface area contributed by atoms with Gasteiger partial charge in [-0.05, 0) is 29.3 Å². The van der Waals surface area contributed by atoms with Crippen molar-refractivity contribution in [3.05, 3.63) is 62.9 Å². The highest BCUT2D eigenvalue weighted by atomic mass is 35.5. The van der Waals surface area contributed by atoms with Crippen LogP contribution in [0, 0.1) is 5.82 Å². The molecule has 0 radical (unpaired) electrons. The van der Waals surface area contributed by atoms with Crippen molar-refractivity contribution >= 4 is 34.8 Å². The Kier molecular flexibility index (Phi) is 3.80. The first-order chi connectivity index (χ1) is 9.58. The van der Waals surface area contributed by atoms with Gasteiger partial charge in [0, 0.05) is 17.0 Å². The standard InChI is InChI=1S/C15H10Cl3FO/c16-9-6-8-4-5-20-15(8)11(7-9)13(17)10-2-1-3-12(19)14(10)18/h1-3,6-7,13H,4-5H2. The fraction of sp³-hybridized carbons (Fsp3) is 0.200. The quantitative estimate of drug-likeness (QED) is 0.670. The molecule has 0 saturated carbocycles. The van der Waals surface area contributed by atoms with E-state index in [1.54, 1.807) is 18.2 Å². The fourth-order valence-electron chi connectivity index (χ4n) is 2.37. The summed E-state index contributed by atoms with van der Waals surface area (Å²) in [5.74, 6) is 0.240. The van der Waals surface area contributed by atoms with E-state index < -0.39 is 11.2 Å². The third kappa shape index (κ3) is 2.37. The average molecular weight is 332 g/mol. The van der Waals surface area contributed by atoms with Crippen molar-refractivity contribution < 1.29 is 9.13 Å². The predicted octanol–water partition coefficient (Wildman–Crippen LogP) is 5.40. The Labute approximate surface area is 131 Å². The first-order valence-electron chi connectivity index (χ1n) is 6.11. The van der Waals surface area contributed by atoms with Crippen LogP contribution in [0.2, 0.25) is 10.0 Å². The number of alkyl halides is 1. The molecule has 0 aliphatic carbocycles. The van der Waals surface area contributed by atoms with Crippen molar-refractivity contribution in [2.75, 3.05) is 6.61 Å². The van der Waals surface area contributed by atoms with Gasteiger partial charge in [-0.1, -0.05) is 35.3 Å². The molecule has 1 unspecified atom stereocenters. The largest absolute Gasteiger partial charge is 0.493 e. The summed E-state index contributed by atoms with van der Waals surface area (Å²) in [7, 11) is 0. The minimum absolute atomic E-state index is 0.0271. The normalized spacial score (nSPS) is 14.8. The molecule has 0 aromatic heterocycles. The van der Waals surface area contributed by atoms with Crippen LogP contribution >= 0.6 is 34.8 Å². The van der Waals surface area contributed by atoms with E-state index in [9.17, 15) is 4.39 Å². The minimum atomic E-state index is -0.608. The highest BCUT2D eigenvalue weighted by Gasteiger charge is 2.25. The molecule has 0 amide bonds. The van der Waals surface area contributed by atoms with Crippen LogP contribution in [0.15, 0.2) is 30.3 Å². The Balaban J connectivity index is 2.11. The molecule has 0 saturated heterocycles. The Hall–Kier alpha value is -0.960. The maximum absolute atomic E-state index is 13.6. The number of benzene rings is 2. The van der Waals surface area contributed by atoms with E-state index in [1.165, 1.54) is 6.07 Å². The smallest absolute Gasteiger partial charge is 0.142 e. The maximum atomic E-state index is 13.6. The van der Waals surface area contributed by atoms with E-state index in [-0.39, 0.29) is 5.02 Å². The summed E-state index contributed by atoms with van der Waals surface area (Å²) in [6, 6.07) is 8.19. The number of fused-ring (bicyclic) bond motifs is 1. The summed E-state index contributed by atoms with van der Waals surface area (Å²) in [6.45, 7) is 0.600. The second kappa shape index (κ2) is 5.44. The van der Waals surface area contributed by atoms with E-state index >= 15 is 0 Å². The third-order valence-corrected chi connectivity index (χ3v) is 4.39. The number of hydrogen-bond donors (Lipinski definition) is 0. The molecule has 2 aromatic rings. The third-order valence-electron chi connectivity index (χ3n) is 3.30. The van der Waals surface area contributed by atoms with Crippen molar-refractivity contribution in [3.63, 3.8) is 0 Å². The van der Waals surface area contributed by atoms with Gasteiger partial charge in [0.1, 0.15) is 11.6 Å². The number of rotatable bonds is 2. The van der Waals surface area contributed by atoms with E-state index in [4.69, 9.17) is 39.5 Å². The molecule has 2 aromatic carbocycles. The lowest BCUT2D eigenvalue weighted by molar-refractivity contribution is 0.353. The lowest BCUT2D eigenvalue weighted by Crippen LogP contribution is -1.99. The Morgan fingerprint density at radius 3 is 2.75 bits per heavy atom. The second-order valence-electron chi connectivity index (χ2n) is 4.59. The van der Waals surface area contributed by atoms with Crippen LogP contribution < -0.4 is 4.74 Å². The second-order valence-corrected chi connectivity index (χ2v) is 5.84. The number of ether oxygens (including phenoxy) is 1. The molecule has 0 spiro atoms. The summed E-state index contributed by atoms with van der Waals surface area (Å²) in [4.78, 5) is 0. The molecule has 104 valence electrons. The van der Waals surface area contributed by atoms with E-state index in [0.717, 1.165) is 23.3 Å². The molecule has 1 aliphatic rings. The van der Waals surface area contributed by atoms with Gasteiger partial charge in [-0.25, -0.2) is 4.39 Å². The molecule has 1 atom stereocenters. The highest BCUT2D eigenvalue weighted by Crippen LogP contribution is 2.43. The van der Waals surface area contributed by atoms with Gasteiger partial charge in [0.2, 0.25) is 0 Å². The summed E-state index contributed by atoms with van der Waals surface area (Å²) in [5, 5.41) is 0.00500. The van der Waals surface area contributed by atoms with E-state index in [0.29, 0.717) is 17.2 Å². The van der Waals surface area contributed by atoms with Gasteiger partial charge in [0.05, 0.1) is 17.0 Å². The van der Waals surface area contributed by atoms with Crippen LogP contribution in [0.3, 0.4) is 0 Å². The topological polar surface area (TPSA) is 9.23 Å². The summed E-state index contributed by atoms with van der Waals surface area (Å²) in [6.07, 6.45) is 0.795. The van der Waals surface area contributed by atoms with Crippen LogP contribution in [0.25, 0.3) is 0 Å². The Morgan fingerprint density at radius 2 is 1.95 bits per heavy atom. The summed E-state index contributed by atoms with van der Waals surface area (Å²) in [5.41, 5.74) is 2.25. The number of halogens is 4. The van der Waals surface area contributed by atoms with Gasteiger partial charge in [0.15, 0.2) is 0 Å². The molecule has 0 bridgehead atoms. The monoisotopic (exact) mass is 330 g/mol. The zero-order valence-electron chi connectivity index (χ0n) is 10.3. The van der Waals surface area contributed by atoms with Crippen LogP contribution in [-0.2, 0) is 6.42 Å². The average Bonchev–Trinajstić information content (AvgIpc) is 2.88. The van der Waals surface area contributed by atoms with Crippen LogP contribution in [0.5, 0.6) is 5.75 Å². The lowest BCUT2D eigenvalue weighted by atomic mass is 10.0. The summed E-state index contributed by atoms with van der Waals surface area (Å²) >= 11 is 18.6. The fourth-order valence-corrected chi connectivity index (χ4v) is 3.25. The van der Waals surface area contributed by atoms with Gasteiger partial charge in [-0.15, -0.1) is 11.6 Å². The molecule has 20 heavy (non-hydrogen) atoms. The summed E-state index contributed by atoms with van der Waals surface area (Å²) < 4.78 is 19.2. The Morgan fingerprint density at radius 1 is 1.15 bits per heavy atom. The zero-order chi connectivity index (χ0) is 14.3. The van der Waals surface area contributed by atoms with Crippen LogP contribution in [0.1, 0.15) is 22.1 Å². The first kappa shape index (κ1) is 14.0. The molecule has 0 N–H and O–H groups in total. The first-order valence-corrected chi connectivity index (χ1v) is 7.30. The van der Waals surface area contributed by atoms with Gasteiger partial charge in [0.25, 0.3) is 0 Å². The van der Waals surface area contributed by atoms with Crippen LogP contribution in [0.4, 0.5) is 4.39 Å². The van der Waals surface area contributed by atoms with Crippen molar-refractivity contribution in [1.29, 1.82) is 0 Å². The minimum Gasteiger partial charge on any atom is -0.493 e. The molecule has 1 heterocycles. The van der Waals surface area contributed by atoms with Gasteiger partial charge >= 0.3 is 0 Å². The van der Waals surface area contributed by atoms with Crippen LogP contribution in [-0.4, -0.2) is 6.61 Å².